The van der Waals surface area contributed by atoms with E-state index in [1.165, 1.54) is 0 Å². The average Bonchev–Trinajstić information content (AvgIpc) is 2.44. The van der Waals surface area contributed by atoms with Gasteiger partial charge in [0.15, 0.2) is 0 Å². The molecular weight excluding hydrogens is 244 g/mol. The van der Waals surface area contributed by atoms with E-state index in [-0.39, 0.29) is 18.9 Å². The molecule has 1 atom stereocenters. The lowest BCUT2D eigenvalue weighted by molar-refractivity contribution is -0.156. The summed E-state index contributed by atoms with van der Waals surface area (Å²) in [6.07, 6.45) is 0.768. The van der Waals surface area contributed by atoms with Crippen LogP contribution in [0.3, 0.4) is 0 Å². The Morgan fingerprint density at radius 1 is 1.11 bits per heavy atom. The highest BCUT2D eigenvalue weighted by Crippen LogP contribution is 2.23. The van der Waals surface area contributed by atoms with Gasteiger partial charge in [-0.2, -0.15) is 0 Å². The number of hydrogen-bond donors (Lipinski definition) is 0. The van der Waals surface area contributed by atoms with E-state index in [0.29, 0.717) is 0 Å². The number of Topliss-reactive ketones (excluding diaryl/α,β-unsaturated/α-hetero) is 2. The quantitative estimate of drug-likeness (QED) is 0.429. The predicted octanol–water partition coefficient (Wildman–Crippen LogP) is 2.27. The summed E-state index contributed by atoms with van der Waals surface area (Å²) in [6, 6.07) is 9.49. The van der Waals surface area contributed by atoms with Crippen molar-refractivity contribution < 1.29 is 19.1 Å². The van der Waals surface area contributed by atoms with Crippen LogP contribution in [-0.4, -0.2) is 24.1 Å². The molecule has 0 saturated carbocycles. The number of carbonyl (C=O) groups excluding carboxylic acids is 3. The van der Waals surface area contributed by atoms with Gasteiger partial charge in [-0.05, 0) is 24.8 Å². The molecule has 4 nitrogen and oxygen atoms in total. The molecular formula is C15H18O4. The van der Waals surface area contributed by atoms with Crippen molar-refractivity contribution in [1.29, 1.82) is 0 Å². The predicted molar refractivity (Wildman–Crippen MR) is 70.7 cm³/mol. The van der Waals surface area contributed by atoms with Gasteiger partial charge in [-0.1, -0.05) is 37.3 Å². The first-order valence-corrected chi connectivity index (χ1v) is 6.39. The van der Waals surface area contributed by atoms with Gasteiger partial charge < -0.3 is 4.74 Å². The Hall–Kier alpha value is -1.97. The maximum Gasteiger partial charge on any atom is 0.382 e. The van der Waals surface area contributed by atoms with Gasteiger partial charge in [0.1, 0.15) is 0 Å². The first-order valence-electron chi connectivity index (χ1n) is 6.39. The van der Waals surface area contributed by atoms with Crippen molar-refractivity contribution in [3.8, 4) is 0 Å². The molecule has 4 heteroatoms. The first kappa shape index (κ1) is 15.1. The van der Waals surface area contributed by atoms with Crippen LogP contribution in [0.15, 0.2) is 30.3 Å². The van der Waals surface area contributed by atoms with E-state index in [0.717, 1.165) is 12.0 Å². The SMILES string of the molecule is CCOC(=O)C(=O)C(=O)CC(CC)c1ccccc1. The average molecular weight is 262 g/mol. The maximum absolute atomic E-state index is 11.8. The third kappa shape index (κ3) is 4.32. The molecule has 0 saturated heterocycles. The molecule has 0 amide bonds. The van der Waals surface area contributed by atoms with Crippen LogP contribution in [-0.2, 0) is 19.1 Å². The fraction of sp³-hybridized carbons (Fsp3) is 0.400. The molecule has 1 aromatic carbocycles. The van der Waals surface area contributed by atoms with Crippen LogP contribution in [0.2, 0.25) is 0 Å². The normalized spacial score (nSPS) is 11.7. The molecule has 1 rings (SSSR count). The zero-order chi connectivity index (χ0) is 14.3. The lowest BCUT2D eigenvalue weighted by Gasteiger charge is -2.13. The van der Waals surface area contributed by atoms with E-state index in [1.807, 2.05) is 37.3 Å². The summed E-state index contributed by atoms with van der Waals surface area (Å²) in [5, 5.41) is 0. The van der Waals surface area contributed by atoms with Gasteiger partial charge in [0.05, 0.1) is 6.61 Å². The third-order valence-corrected chi connectivity index (χ3v) is 2.91. The van der Waals surface area contributed by atoms with E-state index < -0.39 is 17.5 Å². The van der Waals surface area contributed by atoms with Gasteiger partial charge >= 0.3 is 11.8 Å². The van der Waals surface area contributed by atoms with Gasteiger partial charge in [0.2, 0.25) is 5.78 Å². The summed E-state index contributed by atoms with van der Waals surface area (Å²) in [5.74, 6) is -2.85. The van der Waals surface area contributed by atoms with Crippen molar-refractivity contribution in [3.63, 3.8) is 0 Å². The van der Waals surface area contributed by atoms with Crippen LogP contribution < -0.4 is 0 Å². The topological polar surface area (TPSA) is 60.4 Å². The number of carbonyl (C=O) groups is 3. The zero-order valence-electron chi connectivity index (χ0n) is 11.2. The molecule has 1 aromatic rings. The molecule has 0 radical (unpaired) electrons. The van der Waals surface area contributed by atoms with E-state index in [9.17, 15) is 14.4 Å². The summed E-state index contributed by atoms with van der Waals surface area (Å²) in [6.45, 7) is 3.63. The maximum atomic E-state index is 11.8. The lowest BCUT2D eigenvalue weighted by atomic mass is 9.90. The number of esters is 1. The van der Waals surface area contributed by atoms with Crippen LogP contribution in [0.1, 0.15) is 38.2 Å². The summed E-state index contributed by atoms with van der Waals surface area (Å²) < 4.78 is 4.54. The van der Waals surface area contributed by atoms with Crippen molar-refractivity contribution in [1.82, 2.24) is 0 Å². The highest BCUT2D eigenvalue weighted by Gasteiger charge is 2.26. The van der Waals surface area contributed by atoms with Gasteiger partial charge in [0.25, 0.3) is 0 Å². The lowest BCUT2D eigenvalue weighted by Crippen LogP contribution is -2.27. The summed E-state index contributed by atoms with van der Waals surface area (Å²) in [5.41, 5.74) is 0.995. The van der Waals surface area contributed by atoms with Crippen LogP contribution in [0.4, 0.5) is 0 Å². The summed E-state index contributed by atoms with van der Waals surface area (Å²) >= 11 is 0. The van der Waals surface area contributed by atoms with Gasteiger partial charge in [-0.25, -0.2) is 4.79 Å². The second kappa shape index (κ2) is 7.46. The van der Waals surface area contributed by atoms with Crippen molar-refractivity contribution in [3.05, 3.63) is 35.9 Å². The van der Waals surface area contributed by atoms with Crippen molar-refractivity contribution in [2.45, 2.75) is 32.6 Å². The number of rotatable bonds is 7. The van der Waals surface area contributed by atoms with Crippen LogP contribution in [0.25, 0.3) is 0 Å². The standard InChI is InChI=1S/C15H18O4/c1-3-11(12-8-6-5-7-9-12)10-13(16)14(17)15(18)19-4-2/h5-9,11H,3-4,10H2,1-2H3. The molecule has 0 aliphatic rings. The Kier molecular flexibility index (Phi) is 5.93. The number of ether oxygens (including phenoxy) is 1. The Morgan fingerprint density at radius 3 is 2.26 bits per heavy atom. The fourth-order valence-electron chi connectivity index (χ4n) is 1.85. The minimum atomic E-state index is -1.06. The third-order valence-electron chi connectivity index (χ3n) is 2.91. The fourth-order valence-corrected chi connectivity index (χ4v) is 1.85. The highest BCUT2D eigenvalue weighted by atomic mass is 16.5. The van der Waals surface area contributed by atoms with Gasteiger partial charge in [-0.15, -0.1) is 0 Å². The highest BCUT2D eigenvalue weighted by molar-refractivity contribution is 6.62. The molecule has 0 aliphatic carbocycles. The Morgan fingerprint density at radius 2 is 1.74 bits per heavy atom. The van der Waals surface area contributed by atoms with E-state index in [1.54, 1.807) is 6.92 Å². The second-order valence-electron chi connectivity index (χ2n) is 4.19. The molecule has 0 aromatic heterocycles. The summed E-state index contributed by atoms with van der Waals surface area (Å²) in [4.78, 5) is 34.4. The molecule has 102 valence electrons. The number of benzene rings is 1. The van der Waals surface area contributed by atoms with Crippen molar-refractivity contribution in [2.75, 3.05) is 6.61 Å². The van der Waals surface area contributed by atoms with E-state index >= 15 is 0 Å². The molecule has 1 unspecified atom stereocenters. The molecule has 0 fully saturated rings. The monoisotopic (exact) mass is 262 g/mol. The molecule has 19 heavy (non-hydrogen) atoms. The Labute approximate surface area is 112 Å². The smallest absolute Gasteiger partial charge is 0.382 e. The first-order chi connectivity index (χ1) is 9.10. The summed E-state index contributed by atoms with van der Waals surface area (Å²) in [7, 11) is 0. The minimum Gasteiger partial charge on any atom is -0.460 e. The Balaban J connectivity index is 2.69. The molecule has 0 spiro atoms. The molecule has 0 heterocycles. The second-order valence-corrected chi connectivity index (χ2v) is 4.19. The van der Waals surface area contributed by atoms with Crippen LogP contribution in [0, 0.1) is 0 Å². The van der Waals surface area contributed by atoms with Gasteiger partial charge in [-0.3, -0.25) is 9.59 Å². The van der Waals surface area contributed by atoms with Crippen molar-refractivity contribution >= 4 is 17.5 Å². The largest absolute Gasteiger partial charge is 0.460 e. The minimum absolute atomic E-state index is 0.0398. The van der Waals surface area contributed by atoms with Crippen LogP contribution in [0.5, 0.6) is 0 Å². The molecule has 0 aliphatic heterocycles. The van der Waals surface area contributed by atoms with Crippen molar-refractivity contribution in [2.24, 2.45) is 0 Å². The molecule has 0 N–H and O–H groups in total. The van der Waals surface area contributed by atoms with Gasteiger partial charge in [0, 0.05) is 6.42 Å². The number of ketones is 2. The zero-order valence-corrected chi connectivity index (χ0v) is 11.2. The molecule has 0 bridgehead atoms. The number of hydrogen-bond acceptors (Lipinski definition) is 4. The van der Waals surface area contributed by atoms with E-state index in [2.05, 4.69) is 4.74 Å². The van der Waals surface area contributed by atoms with E-state index in [4.69, 9.17) is 0 Å². The van der Waals surface area contributed by atoms with Crippen LogP contribution >= 0.6 is 0 Å². The Bertz CT molecular complexity index is 450.